The van der Waals surface area contributed by atoms with E-state index in [0.29, 0.717) is 51.8 Å². The second kappa shape index (κ2) is 13.9. The van der Waals surface area contributed by atoms with Gasteiger partial charge in [0.15, 0.2) is 5.16 Å². The quantitative estimate of drug-likeness (QED) is 0.137. The van der Waals surface area contributed by atoms with Crippen LogP contribution in [0.3, 0.4) is 0 Å². The summed E-state index contributed by atoms with van der Waals surface area (Å²) in [6, 6.07) is 25.1. The molecule has 0 saturated heterocycles. The lowest BCUT2D eigenvalue weighted by Crippen LogP contribution is -2.28. The number of rotatable bonds is 12. The van der Waals surface area contributed by atoms with Gasteiger partial charge < -0.3 is 19.8 Å². The molecule has 0 aliphatic carbocycles. The van der Waals surface area contributed by atoms with E-state index in [0.717, 1.165) is 5.56 Å². The van der Waals surface area contributed by atoms with Gasteiger partial charge in [-0.25, -0.2) is 4.98 Å². The van der Waals surface area contributed by atoms with Gasteiger partial charge in [0.2, 0.25) is 5.91 Å². The second-order valence-electron chi connectivity index (χ2n) is 9.69. The number of fused-ring (bicyclic) bond motifs is 1. The van der Waals surface area contributed by atoms with Gasteiger partial charge >= 0.3 is 0 Å². The summed E-state index contributed by atoms with van der Waals surface area (Å²) in [5.41, 5.74) is 2.25. The molecule has 0 spiro atoms. The number of carbonyl (C=O) groups is 2. The van der Waals surface area contributed by atoms with Crippen molar-refractivity contribution in [3.63, 3.8) is 0 Å². The highest BCUT2D eigenvalue weighted by Crippen LogP contribution is 2.29. The fourth-order valence-corrected chi connectivity index (χ4v) is 5.53. The number of thioether (sulfide) groups is 1. The molecule has 0 fully saturated rings. The van der Waals surface area contributed by atoms with Crippen LogP contribution in [0.15, 0.2) is 106 Å². The van der Waals surface area contributed by atoms with Crippen molar-refractivity contribution in [1.82, 2.24) is 14.9 Å². The number of hydrogen-bond donors (Lipinski definition) is 2. The van der Waals surface area contributed by atoms with Crippen LogP contribution in [0.2, 0.25) is 0 Å². The summed E-state index contributed by atoms with van der Waals surface area (Å²) in [5.74, 6) is 0.817. The minimum Gasteiger partial charge on any atom is -0.492 e. The van der Waals surface area contributed by atoms with Crippen molar-refractivity contribution in [1.29, 1.82) is 0 Å². The monoisotopic (exact) mass is 596 g/mol. The third kappa shape index (κ3) is 7.15. The van der Waals surface area contributed by atoms with Crippen molar-refractivity contribution in [3.8, 4) is 5.75 Å². The van der Waals surface area contributed by atoms with Crippen LogP contribution in [-0.4, -0.2) is 33.2 Å². The fourth-order valence-electron chi connectivity index (χ4n) is 4.52. The maximum atomic E-state index is 13.7. The molecule has 1 atom stereocenters. The van der Waals surface area contributed by atoms with Gasteiger partial charge in [-0.1, -0.05) is 55.1 Å². The molecule has 0 saturated carbocycles. The van der Waals surface area contributed by atoms with Gasteiger partial charge in [-0.3, -0.25) is 19.0 Å². The predicted molar refractivity (Wildman–Crippen MR) is 168 cm³/mol. The van der Waals surface area contributed by atoms with Crippen molar-refractivity contribution in [2.75, 3.05) is 11.9 Å². The van der Waals surface area contributed by atoms with Gasteiger partial charge in [0.25, 0.3) is 11.5 Å². The van der Waals surface area contributed by atoms with Gasteiger partial charge in [-0.2, -0.15) is 0 Å². The summed E-state index contributed by atoms with van der Waals surface area (Å²) < 4.78 is 12.5. The lowest BCUT2D eigenvalue weighted by molar-refractivity contribution is -0.115. The molecule has 0 radical (unpaired) electrons. The third-order valence-electron chi connectivity index (χ3n) is 6.74. The van der Waals surface area contributed by atoms with Crippen molar-refractivity contribution >= 4 is 40.2 Å². The highest BCUT2D eigenvalue weighted by atomic mass is 32.2. The normalized spacial score (nSPS) is 11.7. The molecule has 0 bridgehead atoms. The molecule has 43 heavy (non-hydrogen) atoms. The minimum atomic E-state index is -0.519. The van der Waals surface area contributed by atoms with Gasteiger partial charge in [0.1, 0.15) is 11.5 Å². The molecular weight excluding hydrogens is 564 g/mol. The maximum absolute atomic E-state index is 13.7. The number of nitrogens with zero attached hydrogens (tertiary/aromatic N) is 2. The first-order valence-electron chi connectivity index (χ1n) is 14.0. The van der Waals surface area contributed by atoms with E-state index in [1.807, 2.05) is 50.2 Å². The Labute approximate surface area is 253 Å². The Morgan fingerprint density at radius 3 is 2.49 bits per heavy atom. The van der Waals surface area contributed by atoms with E-state index >= 15 is 0 Å². The topological polar surface area (TPSA) is 115 Å². The molecule has 0 aliphatic heterocycles. The summed E-state index contributed by atoms with van der Waals surface area (Å²) >= 11 is 1.25. The average molecular weight is 597 g/mol. The number of benzene rings is 3. The van der Waals surface area contributed by atoms with Gasteiger partial charge in [0, 0.05) is 5.56 Å². The molecule has 0 aliphatic rings. The molecule has 5 aromatic rings. The Hall–Kier alpha value is -4.83. The molecule has 3 aromatic carbocycles. The number of furan rings is 1. The van der Waals surface area contributed by atoms with E-state index in [4.69, 9.17) is 14.1 Å². The lowest BCUT2D eigenvalue weighted by atomic mass is 10.1. The summed E-state index contributed by atoms with van der Waals surface area (Å²) in [6.07, 6.45) is 2.07. The maximum Gasteiger partial charge on any atom is 0.262 e. The lowest BCUT2D eigenvalue weighted by Gasteiger charge is -2.19. The zero-order valence-corrected chi connectivity index (χ0v) is 24.7. The first kappa shape index (κ1) is 29.7. The van der Waals surface area contributed by atoms with Crippen molar-refractivity contribution in [2.24, 2.45) is 0 Å². The Kier molecular flexibility index (Phi) is 9.58. The standard InChI is InChI=1S/C33H32N4O5S/c1-3-29(31(39)35-27-13-7-8-14-28(27)41-4-2)43-33-36-26-12-6-5-11-25(26)32(40)37(33)21-22-15-17-23(18-16-22)30(38)34-20-24-10-9-19-42-24/h5-19,29H,3-4,20-21H2,1-2H3,(H,34,38)(H,35,39)/t29-/m0/s1. The summed E-state index contributed by atoms with van der Waals surface area (Å²) in [7, 11) is 0. The van der Waals surface area contributed by atoms with E-state index in [1.165, 1.54) is 11.8 Å². The van der Waals surface area contributed by atoms with Crippen LogP contribution >= 0.6 is 11.8 Å². The second-order valence-corrected chi connectivity index (χ2v) is 10.9. The zero-order chi connectivity index (χ0) is 30.2. The van der Waals surface area contributed by atoms with Crippen LogP contribution in [0.4, 0.5) is 5.69 Å². The minimum absolute atomic E-state index is 0.203. The molecule has 2 aromatic heterocycles. The number of nitrogens with one attached hydrogen (secondary N) is 2. The third-order valence-corrected chi connectivity index (χ3v) is 8.10. The van der Waals surface area contributed by atoms with E-state index < -0.39 is 5.25 Å². The van der Waals surface area contributed by atoms with Crippen LogP contribution in [0.25, 0.3) is 10.9 Å². The van der Waals surface area contributed by atoms with Crippen LogP contribution < -0.4 is 20.9 Å². The molecule has 2 N–H and O–H groups in total. The summed E-state index contributed by atoms with van der Waals surface area (Å²) in [4.78, 5) is 44.5. The number of hydrogen-bond acceptors (Lipinski definition) is 7. The van der Waals surface area contributed by atoms with Crippen LogP contribution in [0, 0.1) is 0 Å². The Morgan fingerprint density at radius 2 is 1.74 bits per heavy atom. The van der Waals surface area contributed by atoms with Crippen molar-refractivity contribution in [3.05, 3.63) is 118 Å². The number of para-hydroxylation sites is 3. The molecule has 220 valence electrons. The molecule has 9 nitrogen and oxygen atoms in total. The van der Waals surface area contributed by atoms with E-state index in [2.05, 4.69) is 10.6 Å². The fraction of sp³-hybridized carbons (Fsp3) is 0.212. The van der Waals surface area contributed by atoms with Crippen LogP contribution in [0.1, 0.15) is 41.9 Å². The first-order chi connectivity index (χ1) is 21.0. The molecule has 2 amide bonds. The first-order valence-corrected chi connectivity index (χ1v) is 14.9. The van der Waals surface area contributed by atoms with Crippen molar-refractivity contribution in [2.45, 2.75) is 43.8 Å². The molecule has 10 heteroatoms. The van der Waals surface area contributed by atoms with Gasteiger partial charge in [0.05, 0.1) is 47.8 Å². The van der Waals surface area contributed by atoms with Crippen molar-refractivity contribution < 1.29 is 18.7 Å². The molecular formula is C33H32N4O5S. The summed E-state index contributed by atoms with van der Waals surface area (Å²) in [5, 5.41) is 6.21. The molecule has 0 unspecified atom stereocenters. The molecule has 5 rings (SSSR count). The van der Waals surface area contributed by atoms with E-state index in [9.17, 15) is 14.4 Å². The molecule has 2 heterocycles. The SMILES string of the molecule is CCOc1ccccc1NC(=O)[C@H](CC)Sc1nc2ccccc2c(=O)n1Cc1ccc(C(=O)NCc2ccco2)cc1. The van der Waals surface area contributed by atoms with E-state index in [-0.39, 0.29) is 30.5 Å². The average Bonchev–Trinajstić information content (AvgIpc) is 3.55. The largest absolute Gasteiger partial charge is 0.492 e. The Morgan fingerprint density at radius 1 is 0.977 bits per heavy atom. The summed E-state index contributed by atoms with van der Waals surface area (Å²) in [6.45, 7) is 4.79. The van der Waals surface area contributed by atoms with Crippen LogP contribution in [-0.2, 0) is 17.9 Å². The zero-order valence-electron chi connectivity index (χ0n) is 23.9. The Bertz CT molecular complexity index is 1770. The predicted octanol–water partition coefficient (Wildman–Crippen LogP) is 5.88. The van der Waals surface area contributed by atoms with Crippen LogP contribution in [0.5, 0.6) is 5.75 Å². The Balaban J connectivity index is 1.38. The number of anilines is 1. The van der Waals surface area contributed by atoms with Gasteiger partial charge in [-0.05, 0) is 67.4 Å². The smallest absolute Gasteiger partial charge is 0.262 e. The number of amides is 2. The van der Waals surface area contributed by atoms with Gasteiger partial charge in [-0.15, -0.1) is 0 Å². The highest BCUT2D eigenvalue weighted by Gasteiger charge is 2.23. The number of aromatic nitrogens is 2. The van der Waals surface area contributed by atoms with E-state index in [1.54, 1.807) is 59.4 Å². The number of ether oxygens (including phenoxy) is 1. The highest BCUT2D eigenvalue weighted by molar-refractivity contribution is 8.00. The number of carbonyl (C=O) groups excluding carboxylic acids is 2.